The molecule has 18 heavy (non-hydrogen) atoms. The fourth-order valence-electron chi connectivity index (χ4n) is 2.13. The van der Waals surface area contributed by atoms with Crippen molar-refractivity contribution in [2.45, 2.75) is 39.8 Å². The minimum absolute atomic E-state index is 0.317. The van der Waals surface area contributed by atoms with Crippen LogP contribution in [-0.2, 0) is 13.0 Å². The van der Waals surface area contributed by atoms with Crippen molar-refractivity contribution in [3.8, 4) is 0 Å². The maximum Gasteiger partial charge on any atom is 0.0897 e. The van der Waals surface area contributed by atoms with Gasteiger partial charge in [0.1, 0.15) is 0 Å². The lowest BCUT2D eigenvalue weighted by Crippen LogP contribution is -2.19. The third-order valence-electron chi connectivity index (χ3n) is 3.03. The molecule has 0 radical (unpaired) electrons. The van der Waals surface area contributed by atoms with Crippen molar-refractivity contribution in [3.63, 3.8) is 0 Å². The standard InChI is InChI=1S/C13H20N4S/c1-5-17-11(6-9(2)16-17)7-12(14-4)13-8-15-10(3)18-13/h6,8,12,14H,5,7H2,1-4H3. The normalized spacial score (nSPS) is 12.9. The number of likely N-dealkylation sites (N-methyl/N-ethyl adjacent to an activating group) is 1. The number of nitrogens with zero attached hydrogens (tertiary/aromatic N) is 3. The number of rotatable bonds is 5. The van der Waals surface area contributed by atoms with Crippen LogP contribution >= 0.6 is 11.3 Å². The van der Waals surface area contributed by atoms with Gasteiger partial charge in [0.2, 0.25) is 0 Å². The molecule has 0 saturated carbocycles. The smallest absolute Gasteiger partial charge is 0.0897 e. The Morgan fingerprint density at radius 1 is 1.44 bits per heavy atom. The molecule has 1 N–H and O–H groups in total. The highest BCUT2D eigenvalue weighted by Crippen LogP contribution is 2.23. The topological polar surface area (TPSA) is 42.7 Å². The zero-order chi connectivity index (χ0) is 13.1. The van der Waals surface area contributed by atoms with E-state index in [2.05, 4.69) is 33.1 Å². The molecule has 0 aliphatic carbocycles. The Balaban J connectivity index is 2.19. The van der Waals surface area contributed by atoms with Gasteiger partial charge < -0.3 is 5.32 Å². The van der Waals surface area contributed by atoms with Gasteiger partial charge in [-0.1, -0.05) is 0 Å². The van der Waals surface area contributed by atoms with Gasteiger partial charge in [0.25, 0.3) is 0 Å². The third-order valence-corrected chi connectivity index (χ3v) is 4.06. The zero-order valence-corrected chi connectivity index (χ0v) is 12.2. The van der Waals surface area contributed by atoms with Crippen LogP contribution in [0.3, 0.4) is 0 Å². The molecule has 98 valence electrons. The van der Waals surface area contributed by atoms with Crippen LogP contribution in [0.2, 0.25) is 0 Å². The monoisotopic (exact) mass is 264 g/mol. The van der Waals surface area contributed by atoms with Gasteiger partial charge >= 0.3 is 0 Å². The summed E-state index contributed by atoms with van der Waals surface area (Å²) in [5, 5.41) is 8.98. The van der Waals surface area contributed by atoms with Gasteiger partial charge in [-0.15, -0.1) is 11.3 Å². The Labute approximate surface area is 112 Å². The van der Waals surface area contributed by atoms with Crippen molar-refractivity contribution < 1.29 is 0 Å². The minimum atomic E-state index is 0.317. The van der Waals surface area contributed by atoms with Crippen molar-refractivity contribution in [1.29, 1.82) is 0 Å². The summed E-state index contributed by atoms with van der Waals surface area (Å²) in [6.45, 7) is 7.13. The van der Waals surface area contributed by atoms with Crippen LogP contribution in [-0.4, -0.2) is 21.8 Å². The van der Waals surface area contributed by atoms with E-state index in [0.717, 1.165) is 23.7 Å². The quantitative estimate of drug-likeness (QED) is 0.902. The molecule has 0 aromatic carbocycles. The van der Waals surface area contributed by atoms with Crippen LogP contribution in [0.4, 0.5) is 0 Å². The van der Waals surface area contributed by atoms with Crippen LogP contribution in [0.25, 0.3) is 0 Å². The van der Waals surface area contributed by atoms with Gasteiger partial charge in [0, 0.05) is 35.8 Å². The molecular weight excluding hydrogens is 244 g/mol. The Hall–Kier alpha value is -1.20. The van der Waals surface area contributed by atoms with Crippen molar-refractivity contribution in [2.24, 2.45) is 0 Å². The minimum Gasteiger partial charge on any atom is -0.312 e. The van der Waals surface area contributed by atoms with E-state index in [0.29, 0.717) is 6.04 Å². The van der Waals surface area contributed by atoms with E-state index < -0.39 is 0 Å². The fourth-order valence-corrected chi connectivity index (χ4v) is 3.03. The lowest BCUT2D eigenvalue weighted by atomic mass is 10.1. The molecule has 1 atom stereocenters. The number of hydrogen-bond acceptors (Lipinski definition) is 4. The molecule has 1 unspecified atom stereocenters. The Morgan fingerprint density at radius 3 is 2.78 bits per heavy atom. The van der Waals surface area contributed by atoms with Crippen LogP contribution in [0, 0.1) is 13.8 Å². The maximum absolute atomic E-state index is 4.49. The molecule has 0 aliphatic rings. The average Bonchev–Trinajstić information content (AvgIpc) is 2.92. The molecule has 2 aromatic rings. The molecule has 0 fully saturated rings. The summed E-state index contributed by atoms with van der Waals surface area (Å²) in [6, 6.07) is 2.49. The predicted molar refractivity (Wildman–Crippen MR) is 75.0 cm³/mol. The lowest BCUT2D eigenvalue weighted by molar-refractivity contribution is 0.546. The highest BCUT2D eigenvalue weighted by Gasteiger charge is 2.15. The summed E-state index contributed by atoms with van der Waals surface area (Å²) in [5.74, 6) is 0. The van der Waals surface area contributed by atoms with Crippen molar-refractivity contribution in [1.82, 2.24) is 20.1 Å². The maximum atomic E-state index is 4.49. The predicted octanol–water partition coefficient (Wildman–Crippen LogP) is 2.48. The van der Waals surface area contributed by atoms with Crippen LogP contribution < -0.4 is 5.32 Å². The number of aryl methyl sites for hydroxylation is 3. The zero-order valence-electron chi connectivity index (χ0n) is 11.4. The van der Waals surface area contributed by atoms with Gasteiger partial charge in [-0.2, -0.15) is 5.10 Å². The number of nitrogens with one attached hydrogen (secondary N) is 1. The second-order valence-electron chi connectivity index (χ2n) is 4.42. The summed E-state index contributed by atoms with van der Waals surface area (Å²) in [6.07, 6.45) is 2.92. The summed E-state index contributed by atoms with van der Waals surface area (Å²) in [5.41, 5.74) is 2.36. The summed E-state index contributed by atoms with van der Waals surface area (Å²) in [7, 11) is 2.00. The molecule has 0 bridgehead atoms. The molecule has 2 rings (SSSR count). The molecule has 0 saturated heterocycles. The largest absolute Gasteiger partial charge is 0.312 e. The van der Waals surface area contributed by atoms with Crippen molar-refractivity contribution >= 4 is 11.3 Å². The van der Waals surface area contributed by atoms with E-state index in [1.165, 1.54) is 10.6 Å². The first-order chi connectivity index (χ1) is 8.63. The van der Waals surface area contributed by atoms with E-state index in [-0.39, 0.29) is 0 Å². The second-order valence-corrected chi connectivity index (χ2v) is 5.69. The molecule has 4 nitrogen and oxygen atoms in total. The van der Waals surface area contributed by atoms with E-state index in [9.17, 15) is 0 Å². The van der Waals surface area contributed by atoms with Gasteiger partial charge in [0.05, 0.1) is 10.7 Å². The molecule has 0 amide bonds. The van der Waals surface area contributed by atoms with Gasteiger partial charge in [0.15, 0.2) is 0 Å². The fraction of sp³-hybridized carbons (Fsp3) is 0.538. The third kappa shape index (κ3) is 2.79. The van der Waals surface area contributed by atoms with Gasteiger partial charge in [-0.25, -0.2) is 4.98 Å². The first-order valence-corrected chi connectivity index (χ1v) is 7.08. The van der Waals surface area contributed by atoms with Crippen LogP contribution in [0.1, 0.15) is 34.2 Å². The van der Waals surface area contributed by atoms with Crippen LogP contribution in [0.5, 0.6) is 0 Å². The summed E-state index contributed by atoms with van der Waals surface area (Å²) < 4.78 is 2.08. The molecule has 2 heterocycles. The SMILES string of the molecule is CCn1nc(C)cc1CC(NC)c1cnc(C)s1. The second kappa shape index (κ2) is 5.63. The molecular formula is C13H20N4S. The highest BCUT2D eigenvalue weighted by molar-refractivity contribution is 7.11. The van der Waals surface area contributed by atoms with Crippen LogP contribution in [0.15, 0.2) is 12.3 Å². The number of thiazole rings is 1. The highest BCUT2D eigenvalue weighted by atomic mass is 32.1. The van der Waals surface area contributed by atoms with E-state index in [4.69, 9.17) is 0 Å². The Kier molecular flexibility index (Phi) is 4.14. The summed E-state index contributed by atoms with van der Waals surface area (Å²) in [4.78, 5) is 5.62. The molecule has 0 aliphatic heterocycles. The Bertz CT molecular complexity index is 515. The van der Waals surface area contributed by atoms with Gasteiger partial charge in [-0.3, -0.25) is 4.68 Å². The first kappa shape index (κ1) is 13.2. The molecule has 2 aromatic heterocycles. The van der Waals surface area contributed by atoms with Crippen molar-refractivity contribution in [2.75, 3.05) is 7.05 Å². The summed E-state index contributed by atoms with van der Waals surface area (Å²) >= 11 is 1.76. The van der Waals surface area contributed by atoms with Crippen molar-refractivity contribution in [3.05, 3.63) is 33.5 Å². The molecule has 0 spiro atoms. The van der Waals surface area contributed by atoms with E-state index in [1.54, 1.807) is 11.3 Å². The Morgan fingerprint density at radius 2 is 2.22 bits per heavy atom. The van der Waals surface area contributed by atoms with E-state index >= 15 is 0 Å². The van der Waals surface area contributed by atoms with E-state index in [1.807, 2.05) is 27.1 Å². The number of hydrogen-bond donors (Lipinski definition) is 1. The lowest BCUT2D eigenvalue weighted by Gasteiger charge is -2.14. The molecule has 5 heteroatoms. The number of aromatic nitrogens is 3. The average molecular weight is 264 g/mol. The first-order valence-electron chi connectivity index (χ1n) is 6.27. The van der Waals surface area contributed by atoms with Gasteiger partial charge in [-0.05, 0) is 33.9 Å².